The van der Waals surface area contributed by atoms with Crippen LogP contribution in [0.15, 0.2) is 130 Å². The van der Waals surface area contributed by atoms with Gasteiger partial charge in [0.2, 0.25) is 0 Å². The Balaban J connectivity index is 0.000000135. The van der Waals surface area contributed by atoms with Gasteiger partial charge < -0.3 is 19.9 Å². The molecule has 2 fully saturated rings. The van der Waals surface area contributed by atoms with E-state index in [-0.39, 0.29) is 36.6 Å². The van der Waals surface area contributed by atoms with E-state index in [9.17, 15) is 44.1 Å². The lowest BCUT2D eigenvalue weighted by molar-refractivity contribution is -0.153. The van der Waals surface area contributed by atoms with Crippen molar-refractivity contribution in [2.24, 2.45) is 17.9 Å². The summed E-state index contributed by atoms with van der Waals surface area (Å²) in [6.45, 7) is 15.4. The first-order chi connectivity index (χ1) is 47.9. The molecule has 9 heterocycles. The van der Waals surface area contributed by atoms with Crippen LogP contribution < -0.4 is 17.1 Å². The highest BCUT2D eigenvalue weighted by atomic mass is 35.5. The number of benzene rings is 4. The maximum absolute atomic E-state index is 14.0. The molecule has 21 nitrogen and oxygen atoms in total. The van der Waals surface area contributed by atoms with Gasteiger partial charge >= 0.3 is 35.0 Å². The van der Waals surface area contributed by atoms with Gasteiger partial charge in [0.1, 0.15) is 0 Å². The molecule has 2 aliphatic rings. The molecule has 0 unspecified atom stereocenters. The Labute approximate surface area is 588 Å². The van der Waals surface area contributed by atoms with Gasteiger partial charge in [0.15, 0.2) is 16.9 Å². The first kappa shape index (κ1) is 68.7. The second-order valence-electron chi connectivity index (χ2n) is 27.4. The topological polar surface area (TPSA) is 262 Å². The summed E-state index contributed by atoms with van der Waals surface area (Å²) in [5.74, 6) is -2.65. The Morgan fingerprint density at radius 1 is 0.530 bits per heavy atom. The van der Waals surface area contributed by atoms with Crippen LogP contribution in [0, 0.1) is 59.3 Å². The molecule has 100 heavy (non-hydrogen) atoms. The molecule has 0 aliphatic heterocycles. The van der Waals surface area contributed by atoms with Gasteiger partial charge in [0.25, 0.3) is 0 Å². The van der Waals surface area contributed by atoms with Gasteiger partial charge in [-0.3, -0.25) is 41.8 Å². The van der Waals surface area contributed by atoms with Crippen molar-refractivity contribution in [1.82, 2.24) is 55.7 Å². The average Bonchev–Trinajstić information content (AvgIpc) is 1.60. The second kappa shape index (κ2) is 27.7. The molecule has 0 saturated heterocycles. The summed E-state index contributed by atoms with van der Waals surface area (Å²) < 4.78 is 23.4. The average molecular weight is 1400 g/mol. The van der Waals surface area contributed by atoms with E-state index >= 15 is 0 Å². The minimum Gasteiger partial charge on any atom is -0.481 e. The van der Waals surface area contributed by atoms with Gasteiger partial charge in [0.05, 0.1) is 80.3 Å². The van der Waals surface area contributed by atoms with Crippen LogP contribution in [-0.2, 0) is 54.2 Å². The van der Waals surface area contributed by atoms with Crippen molar-refractivity contribution in [2.75, 3.05) is 0 Å². The van der Waals surface area contributed by atoms with Crippen molar-refractivity contribution in [1.29, 1.82) is 0 Å². The van der Waals surface area contributed by atoms with Crippen molar-refractivity contribution < 1.29 is 29.7 Å². The Hall–Kier alpha value is -9.84. The molecule has 1 atom stereocenters. The smallest absolute Gasteiger partial charge is 0.331 e. The minimum atomic E-state index is -1.00. The predicted molar refractivity (Wildman–Crippen MR) is 393 cm³/mol. The Bertz CT molecular complexity index is 5560. The first-order valence-corrected chi connectivity index (χ1v) is 35.7. The lowest BCUT2D eigenvalue weighted by Crippen LogP contribution is -2.40. The van der Waals surface area contributed by atoms with E-state index in [2.05, 4.69) is 99.3 Å². The number of aliphatic carboxylic acids is 3. The molecule has 0 radical (unpaired) electrons. The molecule has 0 spiro atoms. The molecule has 9 aromatic heterocycles. The van der Waals surface area contributed by atoms with Gasteiger partial charge in [-0.1, -0.05) is 86.5 Å². The van der Waals surface area contributed by atoms with Crippen LogP contribution in [0.2, 0.25) is 5.02 Å². The molecule has 0 bridgehead atoms. The number of carboxylic acid groups (broad SMARTS) is 3. The van der Waals surface area contributed by atoms with E-state index in [0.29, 0.717) is 89.4 Å². The van der Waals surface area contributed by atoms with Crippen LogP contribution in [0.5, 0.6) is 0 Å². The number of fused-ring (bicyclic) bond motifs is 6. The minimum absolute atomic E-state index is 0.150. The zero-order valence-corrected chi connectivity index (χ0v) is 59.6. The second-order valence-corrected chi connectivity index (χ2v) is 29.5. The molecular formula is C76H79ClN12O9S2. The number of hydrogen-bond donors (Lipinski definition) is 3. The number of carbonyl (C=O) groups is 3. The standard InChI is InChI=1S/C27H25ClN4O3.C25H28N4O3S.C24H26N4O3S/c1-16-5-4-6-21-25(16)19(14-30(21)3)15-31-22-12-7-17(2)29-26(22)32(27(31)35)23(13-24(33)34)18-8-10-20(28)11-9-18;1-15-11-16(2)21-18(27-33-20(21)12-15)13-28-19-8-7-17(3)26-22(19)29(24(28)32)14-25(23(30)31)9-5-4-6-10-25;1-15-11-16(2)20-17(26-32-19(20)12-15)13-27-18-7-6-10-25-21(18)28(23(27)31)14-24(22(29)30)8-4-3-5-9-24/h4-12,14,23H,13,15H2,1-3H3,(H,33,34);7-8,11-12H,4-6,9-10,13-14H2,1-3H3,(H,30,31);6-7,10-12H,3-5,8-9,13-14H2,1-2H3,(H,29,30)/t23-;;/m1../s1. The fourth-order valence-corrected chi connectivity index (χ4v) is 17.5. The summed E-state index contributed by atoms with van der Waals surface area (Å²) >= 11 is 8.96. The number of hydrogen-bond acceptors (Lipinski definition) is 13. The molecule has 24 heteroatoms. The maximum atomic E-state index is 14.0. The van der Waals surface area contributed by atoms with E-state index in [0.717, 1.165) is 115 Å². The fraction of sp³-hybridized carbons (Fsp3) is 0.355. The van der Waals surface area contributed by atoms with E-state index in [4.69, 9.17) is 11.6 Å². The van der Waals surface area contributed by atoms with E-state index in [1.54, 1.807) is 53.3 Å². The van der Waals surface area contributed by atoms with Crippen LogP contribution in [0.4, 0.5) is 0 Å². The molecule has 2 aliphatic carbocycles. The number of pyridine rings is 3. The Kier molecular flexibility index (Phi) is 19.0. The maximum Gasteiger partial charge on any atom is 0.331 e. The molecule has 0 amide bonds. The molecule has 2 saturated carbocycles. The van der Waals surface area contributed by atoms with Crippen LogP contribution in [-0.4, -0.2) is 88.9 Å². The SMILES string of the molecule is Cc1cc(C)c2c(Cn3c(=O)n(CC4(C(=O)O)CCCCC4)c4nc(C)ccc43)nsc2c1.Cc1cc(C)c2c(Cn3c(=O)n(CC4(C(=O)O)CCCCC4)c4ncccc43)nsc2c1.Cc1ccc2c(n1)n([C@H](CC(=O)O)c1ccc(Cl)cc1)c(=O)n2Cc1cn(C)c2cccc(C)c12. The Morgan fingerprint density at radius 2 is 1.02 bits per heavy atom. The number of imidazole rings is 3. The van der Waals surface area contributed by atoms with Crippen LogP contribution in [0.1, 0.15) is 138 Å². The van der Waals surface area contributed by atoms with Crippen LogP contribution >= 0.6 is 34.7 Å². The van der Waals surface area contributed by atoms with E-state index in [1.165, 1.54) is 38.8 Å². The van der Waals surface area contributed by atoms with Gasteiger partial charge in [-0.05, 0) is 203 Å². The number of carboxylic acids is 3. The van der Waals surface area contributed by atoms with E-state index < -0.39 is 34.8 Å². The number of halogens is 1. The largest absolute Gasteiger partial charge is 0.481 e. The van der Waals surface area contributed by atoms with Gasteiger partial charge in [-0.25, -0.2) is 29.3 Å². The van der Waals surface area contributed by atoms with Crippen molar-refractivity contribution >= 4 is 117 Å². The first-order valence-electron chi connectivity index (χ1n) is 33.8. The fourth-order valence-electron chi connectivity index (χ4n) is 15.4. The lowest BCUT2D eigenvalue weighted by Gasteiger charge is -2.33. The molecule has 516 valence electrons. The van der Waals surface area contributed by atoms with Crippen molar-refractivity contribution in [3.8, 4) is 0 Å². The van der Waals surface area contributed by atoms with Gasteiger partial charge in [0, 0.05) is 70.6 Å². The monoisotopic (exact) mass is 1400 g/mol. The number of aromatic nitrogens is 12. The molecule has 3 N–H and O–H groups in total. The summed E-state index contributed by atoms with van der Waals surface area (Å²) in [6.07, 6.45) is 11.4. The van der Waals surface area contributed by atoms with Crippen molar-refractivity contribution in [2.45, 2.75) is 158 Å². The quantitative estimate of drug-likeness (QED) is 0.0813. The summed E-state index contributed by atoms with van der Waals surface area (Å²) in [7, 11) is 1.99. The molecule has 4 aromatic carbocycles. The third kappa shape index (κ3) is 13.0. The third-order valence-electron chi connectivity index (χ3n) is 20.3. The lowest BCUT2D eigenvalue weighted by atomic mass is 9.74. The highest BCUT2D eigenvalue weighted by Gasteiger charge is 2.43. The van der Waals surface area contributed by atoms with Crippen molar-refractivity contribution in [3.63, 3.8) is 0 Å². The van der Waals surface area contributed by atoms with Crippen LogP contribution in [0.3, 0.4) is 0 Å². The zero-order chi connectivity index (χ0) is 70.6. The van der Waals surface area contributed by atoms with Gasteiger partial charge in [-0.2, -0.15) is 8.75 Å². The third-order valence-corrected chi connectivity index (χ3v) is 22.2. The molecular weight excluding hydrogens is 1320 g/mol. The highest BCUT2D eigenvalue weighted by Crippen LogP contribution is 2.41. The summed E-state index contributed by atoms with van der Waals surface area (Å²) in [5, 5.41) is 33.7. The molecule has 13 aromatic rings. The highest BCUT2D eigenvalue weighted by molar-refractivity contribution is 7.13. The van der Waals surface area contributed by atoms with Gasteiger partial charge in [-0.15, -0.1) is 0 Å². The summed E-state index contributed by atoms with van der Waals surface area (Å²) in [6, 6.07) is 32.1. The van der Waals surface area contributed by atoms with E-state index in [1.807, 2.05) is 69.6 Å². The number of nitrogens with zero attached hydrogens (tertiary/aromatic N) is 12. The summed E-state index contributed by atoms with van der Waals surface area (Å²) in [4.78, 5) is 91.5. The zero-order valence-electron chi connectivity index (χ0n) is 57.2. The predicted octanol–water partition coefficient (Wildman–Crippen LogP) is 14.4. The number of aryl methyl sites for hydroxylation is 8. The normalized spacial score (nSPS) is 14.8. The van der Waals surface area contributed by atoms with Crippen molar-refractivity contribution in [3.05, 3.63) is 214 Å². The Morgan fingerprint density at radius 3 is 1.55 bits per heavy atom. The molecule has 15 rings (SSSR count). The number of rotatable bonds is 16. The van der Waals surface area contributed by atoms with Crippen LogP contribution in [0.25, 0.3) is 64.6 Å². The summed E-state index contributed by atoms with van der Waals surface area (Å²) in [5.41, 5.74) is 12.9.